The van der Waals surface area contributed by atoms with Crippen molar-refractivity contribution in [2.75, 3.05) is 32.6 Å². The average molecular weight is 451 g/mol. The topological polar surface area (TPSA) is 129 Å². The lowest BCUT2D eigenvalue weighted by atomic mass is 9.83. The second kappa shape index (κ2) is 11.0. The van der Waals surface area contributed by atoms with E-state index >= 15 is 0 Å². The third-order valence-corrected chi connectivity index (χ3v) is 5.52. The first-order valence-corrected chi connectivity index (χ1v) is 10.6. The van der Waals surface area contributed by atoms with Gasteiger partial charge >= 0.3 is 6.03 Å². The van der Waals surface area contributed by atoms with Crippen LogP contribution in [0.4, 0.5) is 10.5 Å². The summed E-state index contributed by atoms with van der Waals surface area (Å²) >= 11 is 0. The normalized spacial score (nSPS) is 14.6. The Labute approximate surface area is 188 Å². The highest BCUT2D eigenvalue weighted by molar-refractivity contribution is 5.96. The van der Waals surface area contributed by atoms with Gasteiger partial charge in [-0.2, -0.15) is 0 Å². The summed E-state index contributed by atoms with van der Waals surface area (Å²) in [5.74, 6) is 0.203. The quantitative estimate of drug-likeness (QED) is 0.338. The number of urea groups is 1. The van der Waals surface area contributed by atoms with Gasteiger partial charge in [0.25, 0.3) is 5.91 Å². The molecule has 1 saturated carbocycles. The zero-order valence-electron chi connectivity index (χ0n) is 19.4. The molecule has 1 aromatic carbocycles. The highest BCUT2D eigenvalue weighted by Crippen LogP contribution is 2.30. The molecule has 0 heterocycles. The third kappa shape index (κ3) is 6.74. The van der Waals surface area contributed by atoms with E-state index in [1.54, 1.807) is 23.7 Å². The standard InChI is InChI=1S/C22H34N4O6/c1-22(2,3)19(20(28)26(13-18(27)25-30)12-14-7-6-8-14)24-21(29)23-16-11-15(31-4)9-10-17(16)32-5/h9-11,14,19,30H,6-8,12-13H2,1-5H3,(H,25,27)(H2,23,24,29)/t19-/m1/s1. The highest BCUT2D eigenvalue weighted by atomic mass is 16.5. The van der Waals surface area contributed by atoms with Crippen molar-refractivity contribution in [3.05, 3.63) is 18.2 Å². The Morgan fingerprint density at radius 1 is 1.19 bits per heavy atom. The number of nitrogens with one attached hydrogen (secondary N) is 3. The van der Waals surface area contributed by atoms with Crippen molar-refractivity contribution >= 4 is 23.5 Å². The number of hydrogen-bond donors (Lipinski definition) is 4. The van der Waals surface area contributed by atoms with Crippen LogP contribution >= 0.6 is 0 Å². The van der Waals surface area contributed by atoms with E-state index < -0.39 is 23.4 Å². The number of carbonyl (C=O) groups excluding carboxylic acids is 3. The third-order valence-electron chi connectivity index (χ3n) is 5.52. The predicted octanol–water partition coefficient (Wildman–Crippen LogP) is 2.37. The fourth-order valence-corrected chi connectivity index (χ4v) is 3.46. The molecule has 0 unspecified atom stereocenters. The first kappa shape index (κ1) is 25.3. The van der Waals surface area contributed by atoms with Crippen molar-refractivity contribution in [3.63, 3.8) is 0 Å². The molecule has 10 nitrogen and oxygen atoms in total. The molecule has 1 aliphatic rings. The van der Waals surface area contributed by atoms with E-state index in [2.05, 4.69) is 10.6 Å². The lowest BCUT2D eigenvalue weighted by Crippen LogP contribution is -2.57. The molecule has 0 aliphatic heterocycles. The number of amides is 4. The van der Waals surface area contributed by atoms with Crippen molar-refractivity contribution in [1.82, 2.24) is 15.7 Å². The first-order valence-electron chi connectivity index (χ1n) is 10.6. The van der Waals surface area contributed by atoms with Crippen molar-refractivity contribution in [2.45, 2.75) is 46.1 Å². The summed E-state index contributed by atoms with van der Waals surface area (Å²) in [6.07, 6.45) is 3.05. The van der Waals surface area contributed by atoms with Crippen LogP contribution in [-0.4, -0.2) is 61.3 Å². The number of hydroxylamine groups is 1. The molecule has 0 saturated heterocycles. The molecule has 1 aliphatic carbocycles. The maximum absolute atomic E-state index is 13.4. The molecule has 4 amide bonds. The first-order chi connectivity index (χ1) is 15.1. The molecular formula is C22H34N4O6. The van der Waals surface area contributed by atoms with Crippen molar-refractivity contribution in [3.8, 4) is 11.5 Å². The van der Waals surface area contributed by atoms with E-state index in [0.29, 0.717) is 29.6 Å². The molecule has 0 bridgehead atoms. The minimum atomic E-state index is -0.911. The number of methoxy groups -OCH3 is 2. The predicted molar refractivity (Wildman–Crippen MR) is 119 cm³/mol. The van der Waals surface area contributed by atoms with E-state index in [4.69, 9.17) is 14.7 Å². The number of nitrogens with zero attached hydrogens (tertiary/aromatic N) is 1. The van der Waals surface area contributed by atoms with Crippen LogP contribution in [0, 0.1) is 11.3 Å². The molecule has 32 heavy (non-hydrogen) atoms. The zero-order chi connectivity index (χ0) is 23.9. The SMILES string of the molecule is COc1ccc(OC)c(NC(=O)N[C@H](C(=O)N(CC(=O)NO)CC2CCC2)C(C)(C)C)c1. The number of ether oxygens (including phenoxy) is 2. The monoisotopic (exact) mass is 450 g/mol. The van der Waals surface area contributed by atoms with Crippen LogP contribution in [0.5, 0.6) is 11.5 Å². The Morgan fingerprint density at radius 3 is 2.38 bits per heavy atom. The molecule has 4 N–H and O–H groups in total. The minimum Gasteiger partial charge on any atom is -0.497 e. The van der Waals surface area contributed by atoms with Gasteiger partial charge < -0.3 is 25.0 Å². The van der Waals surface area contributed by atoms with Crippen molar-refractivity contribution < 1.29 is 29.1 Å². The van der Waals surface area contributed by atoms with Gasteiger partial charge in [0.05, 0.1) is 19.9 Å². The molecule has 0 spiro atoms. The molecule has 0 aromatic heterocycles. The number of rotatable bonds is 9. The van der Waals surface area contributed by atoms with Gasteiger partial charge in [0.2, 0.25) is 5.91 Å². The fraction of sp³-hybridized carbons (Fsp3) is 0.591. The Morgan fingerprint density at radius 2 is 1.88 bits per heavy atom. The Kier molecular flexibility index (Phi) is 8.71. The summed E-state index contributed by atoms with van der Waals surface area (Å²) in [7, 11) is 3.00. The number of benzene rings is 1. The Bertz CT molecular complexity index is 819. The van der Waals surface area contributed by atoms with Gasteiger partial charge in [-0.25, -0.2) is 10.3 Å². The molecule has 10 heteroatoms. The van der Waals surface area contributed by atoms with E-state index in [1.165, 1.54) is 19.1 Å². The van der Waals surface area contributed by atoms with Gasteiger partial charge in [-0.3, -0.25) is 14.8 Å². The van der Waals surface area contributed by atoms with E-state index in [0.717, 1.165) is 19.3 Å². The molecular weight excluding hydrogens is 416 g/mol. The Hall–Kier alpha value is -3.01. The number of carbonyl (C=O) groups is 3. The van der Waals surface area contributed by atoms with Gasteiger partial charge in [-0.05, 0) is 36.3 Å². The molecule has 1 fully saturated rings. The van der Waals surface area contributed by atoms with Crippen LogP contribution in [-0.2, 0) is 9.59 Å². The summed E-state index contributed by atoms with van der Waals surface area (Å²) in [6.45, 7) is 5.60. The van der Waals surface area contributed by atoms with E-state index in [9.17, 15) is 14.4 Å². The smallest absolute Gasteiger partial charge is 0.320 e. The van der Waals surface area contributed by atoms with Gasteiger partial charge in [-0.1, -0.05) is 27.2 Å². The summed E-state index contributed by atoms with van der Waals surface area (Å²) in [4.78, 5) is 39.4. The average Bonchev–Trinajstić information content (AvgIpc) is 2.71. The summed E-state index contributed by atoms with van der Waals surface area (Å²) in [6, 6.07) is 3.47. The number of hydrogen-bond acceptors (Lipinski definition) is 6. The molecule has 1 atom stereocenters. The summed E-state index contributed by atoms with van der Waals surface area (Å²) < 4.78 is 10.5. The maximum atomic E-state index is 13.4. The van der Waals surface area contributed by atoms with Gasteiger partial charge in [0.15, 0.2) is 0 Å². The largest absolute Gasteiger partial charge is 0.497 e. The lowest BCUT2D eigenvalue weighted by molar-refractivity contribution is -0.143. The van der Waals surface area contributed by atoms with Crippen LogP contribution in [0.2, 0.25) is 0 Å². The van der Waals surface area contributed by atoms with Gasteiger partial charge in [-0.15, -0.1) is 0 Å². The fourth-order valence-electron chi connectivity index (χ4n) is 3.46. The lowest BCUT2D eigenvalue weighted by Gasteiger charge is -2.37. The Balaban J connectivity index is 2.20. The minimum absolute atomic E-state index is 0.286. The van der Waals surface area contributed by atoms with Crippen LogP contribution in [0.15, 0.2) is 18.2 Å². The molecule has 1 aromatic rings. The van der Waals surface area contributed by atoms with Crippen molar-refractivity contribution in [2.24, 2.45) is 11.3 Å². The zero-order valence-corrected chi connectivity index (χ0v) is 19.4. The summed E-state index contributed by atoms with van der Waals surface area (Å²) in [5, 5.41) is 14.4. The number of anilines is 1. The van der Waals surface area contributed by atoms with Crippen LogP contribution < -0.4 is 25.6 Å². The highest BCUT2D eigenvalue weighted by Gasteiger charge is 2.37. The van der Waals surface area contributed by atoms with Crippen LogP contribution in [0.25, 0.3) is 0 Å². The summed E-state index contributed by atoms with van der Waals surface area (Å²) in [5.41, 5.74) is 1.32. The van der Waals surface area contributed by atoms with E-state index in [-0.39, 0.29) is 12.5 Å². The molecule has 2 rings (SSSR count). The van der Waals surface area contributed by atoms with Gasteiger partial charge in [0, 0.05) is 12.6 Å². The molecule has 0 radical (unpaired) electrons. The maximum Gasteiger partial charge on any atom is 0.320 e. The van der Waals surface area contributed by atoms with Crippen LogP contribution in [0.1, 0.15) is 40.0 Å². The van der Waals surface area contributed by atoms with Gasteiger partial charge in [0.1, 0.15) is 24.1 Å². The molecule has 178 valence electrons. The second-order valence-corrected chi connectivity index (χ2v) is 9.01. The second-order valence-electron chi connectivity index (χ2n) is 9.01. The van der Waals surface area contributed by atoms with E-state index in [1.807, 2.05) is 20.8 Å². The van der Waals surface area contributed by atoms with Crippen molar-refractivity contribution in [1.29, 1.82) is 0 Å². The van der Waals surface area contributed by atoms with Crippen LogP contribution in [0.3, 0.4) is 0 Å².